The average Bonchev–Trinajstić information content (AvgIpc) is 2.61. The molecule has 0 spiro atoms. The summed E-state index contributed by atoms with van der Waals surface area (Å²) in [4.78, 5) is 28.3. The van der Waals surface area contributed by atoms with Gasteiger partial charge in [0.25, 0.3) is 0 Å². The Labute approximate surface area is 144 Å². The van der Waals surface area contributed by atoms with Crippen LogP contribution in [-0.2, 0) is 9.59 Å². The molecule has 1 fully saturated rings. The third-order valence-corrected chi connectivity index (χ3v) is 4.91. The molecule has 0 bridgehead atoms. The summed E-state index contributed by atoms with van der Waals surface area (Å²) >= 11 is 1.84. The fourth-order valence-corrected chi connectivity index (χ4v) is 3.57. The van der Waals surface area contributed by atoms with Gasteiger partial charge < -0.3 is 16.0 Å². The lowest BCUT2D eigenvalue weighted by atomic mass is 10.2. The van der Waals surface area contributed by atoms with E-state index in [4.69, 9.17) is 0 Å². The topological polar surface area (TPSA) is 83.1 Å². The van der Waals surface area contributed by atoms with Crippen molar-refractivity contribution in [1.82, 2.24) is 15.6 Å². The van der Waals surface area contributed by atoms with Crippen LogP contribution in [0.25, 0.3) is 10.9 Å². The number of rotatable bonds is 5. The van der Waals surface area contributed by atoms with E-state index in [1.165, 1.54) is 0 Å². The first-order valence-corrected chi connectivity index (χ1v) is 9.09. The Kier molecular flexibility index (Phi) is 5.66. The van der Waals surface area contributed by atoms with Crippen LogP contribution in [0.1, 0.15) is 6.42 Å². The fraction of sp³-hybridized carbons (Fsp3) is 0.353. The second-order valence-electron chi connectivity index (χ2n) is 5.64. The van der Waals surface area contributed by atoms with Gasteiger partial charge in [0.15, 0.2) is 0 Å². The summed E-state index contributed by atoms with van der Waals surface area (Å²) in [6, 6.07) is 9.59. The normalized spacial score (nSPS) is 17.4. The smallest absolute Gasteiger partial charge is 0.243 e. The molecule has 1 unspecified atom stereocenters. The van der Waals surface area contributed by atoms with Crippen LogP contribution in [0.5, 0.6) is 0 Å². The molecule has 24 heavy (non-hydrogen) atoms. The number of hydrogen-bond acceptors (Lipinski definition) is 5. The SMILES string of the molecule is O=C(CC1CSCCN1)NCC(=O)Nc1cccc2cccnc12. The first kappa shape index (κ1) is 16.7. The van der Waals surface area contributed by atoms with Gasteiger partial charge in [-0.1, -0.05) is 18.2 Å². The summed E-state index contributed by atoms with van der Waals surface area (Å²) in [5.74, 6) is 1.65. The van der Waals surface area contributed by atoms with Crippen LogP contribution in [0.3, 0.4) is 0 Å². The number of nitrogens with zero attached hydrogens (tertiary/aromatic N) is 1. The molecular formula is C17H20N4O2S. The summed E-state index contributed by atoms with van der Waals surface area (Å²) in [6.07, 6.45) is 2.09. The molecule has 1 aliphatic heterocycles. The van der Waals surface area contributed by atoms with E-state index in [0.29, 0.717) is 12.1 Å². The second kappa shape index (κ2) is 8.12. The first-order chi connectivity index (χ1) is 11.7. The number of hydrogen-bond donors (Lipinski definition) is 3. The van der Waals surface area contributed by atoms with E-state index in [1.54, 1.807) is 12.3 Å². The van der Waals surface area contributed by atoms with Gasteiger partial charge in [-0.2, -0.15) is 11.8 Å². The van der Waals surface area contributed by atoms with Gasteiger partial charge in [0.1, 0.15) is 0 Å². The second-order valence-corrected chi connectivity index (χ2v) is 6.79. The van der Waals surface area contributed by atoms with Gasteiger partial charge in [0, 0.05) is 42.1 Å². The van der Waals surface area contributed by atoms with Gasteiger partial charge in [-0.05, 0) is 12.1 Å². The van der Waals surface area contributed by atoms with Crippen molar-refractivity contribution in [3.05, 3.63) is 36.5 Å². The molecule has 2 amide bonds. The molecule has 1 atom stereocenters. The van der Waals surface area contributed by atoms with Crippen molar-refractivity contribution >= 4 is 40.2 Å². The van der Waals surface area contributed by atoms with Crippen LogP contribution in [0.15, 0.2) is 36.5 Å². The highest BCUT2D eigenvalue weighted by atomic mass is 32.2. The maximum Gasteiger partial charge on any atom is 0.243 e. The highest BCUT2D eigenvalue weighted by Crippen LogP contribution is 2.20. The zero-order valence-corrected chi connectivity index (χ0v) is 14.1. The van der Waals surface area contributed by atoms with Crippen molar-refractivity contribution in [1.29, 1.82) is 0 Å². The molecule has 0 radical (unpaired) electrons. The number of pyridine rings is 1. The molecule has 0 saturated carbocycles. The van der Waals surface area contributed by atoms with Crippen LogP contribution in [0, 0.1) is 0 Å². The summed E-state index contributed by atoms with van der Waals surface area (Å²) < 4.78 is 0. The number of para-hydroxylation sites is 1. The van der Waals surface area contributed by atoms with Gasteiger partial charge in [-0.3, -0.25) is 14.6 Å². The van der Waals surface area contributed by atoms with Crippen molar-refractivity contribution in [2.45, 2.75) is 12.5 Å². The lowest BCUT2D eigenvalue weighted by Gasteiger charge is -2.22. The Hall–Kier alpha value is -2.12. The van der Waals surface area contributed by atoms with Crippen molar-refractivity contribution in [3.8, 4) is 0 Å². The van der Waals surface area contributed by atoms with Gasteiger partial charge in [0.2, 0.25) is 11.8 Å². The van der Waals surface area contributed by atoms with Crippen LogP contribution in [0.2, 0.25) is 0 Å². The molecule has 3 rings (SSSR count). The van der Waals surface area contributed by atoms with E-state index < -0.39 is 0 Å². The van der Waals surface area contributed by atoms with E-state index in [0.717, 1.165) is 29.0 Å². The van der Waals surface area contributed by atoms with E-state index in [9.17, 15) is 9.59 Å². The lowest BCUT2D eigenvalue weighted by Crippen LogP contribution is -2.42. The molecule has 7 heteroatoms. The molecule has 1 aromatic carbocycles. The summed E-state index contributed by atoms with van der Waals surface area (Å²) in [5.41, 5.74) is 1.39. The molecule has 3 N–H and O–H groups in total. The maximum absolute atomic E-state index is 12.1. The molecule has 6 nitrogen and oxygen atoms in total. The lowest BCUT2D eigenvalue weighted by molar-refractivity contribution is -0.124. The van der Waals surface area contributed by atoms with E-state index in [1.807, 2.05) is 36.0 Å². The van der Waals surface area contributed by atoms with E-state index >= 15 is 0 Å². The third-order valence-electron chi connectivity index (χ3n) is 3.78. The van der Waals surface area contributed by atoms with Gasteiger partial charge in [0.05, 0.1) is 17.7 Å². The zero-order chi connectivity index (χ0) is 16.8. The van der Waals surface area contributed by atoms with Crippen LogP contribution in [0.4, 0.5) is 5.69 Å². The van der Waals surface area contributed by atoms with Crippen LogP contribution in [-0.4, -0.2) is 47.4 Å². The molecule has 1 aromatic heterocycles. The summed E-state index contributed by atoms with van der Waals surface area (Å²) in [5, 5.41) is 9.75. The molecular weight excluding hydrogens is 324 g/mol. The van der Waals surface area contributed by atoms with Crippen LogP contribution >= 0.6 is 11.8 Å². The van der Waals surface area contributed by atoms with Crippen LogP contribution < -0.4 is 16.0 Å². The molecule has 126 valence electrons. The number of benzene rings is 1. The van der Waals surface area contributed by atoms with Gasteiger partial charge >= 0.3 is 0 Å². The Balaban J connectivity index is 1.51. The highest BCUT2D eigenvalue weighted by molar-refractivity contribution is 7.99. The predicted molar refractivity (Wildman–Crippen MR) is 97.1 cm³/mol. The summed E-state index contributed by atoms with van der Waals surface area (Å²) in [7, 11) is 0. The number of nitrogens with one attached hydrogen (secondary N) is 3. The molecule has 0 aliphatic carbocycles. The van der Waals surface area contributed by atoms with Crippen molar-refractivity contribution < 1.29 is 9.59 Å². The average molecular weight is 344 g/mol. The fourth-order valence-electron chi connectivity index (χ4n) is 2.63. The number of thioether (sulfide) groups is 1. The number of anilines is 1. The van der Waals surface area contributed by atoms with E-state index in [2.05, 4.69) is 20.9 Å². The van der Waals surface area contributed by atoms with Crippen molar-refractivity contribution in [2.24, 2.45) is 0 Å². The quantitative estimate of drug-likeness (QED) is 0.763. The minimum atomic E-state index is -0.257. The number of aromatic nitrogens is 1. The molecule has 1 saturated heterocycles. The molecule has 2 heterocycles. The third kappa shape index (κ3) is 4.46. The monoisotopic (exact) mass is 344 g/mol. The van der Waals surface area contributed by atoms with Gasteiger partial charge in [-0.15, -0.1) is 0 Å². The number of carbonyl (C=O) groups excluding carboxylic acids is 2. The Morgan fingerprint density at radius 2 is 2.12 bits per heavy atom. The zero-order valence-electron chi connectivity index (χ0n) is 13.2. The number of carbonyl (C=O) groups is 2. The van der Waals surface area contributed by atoms with Crippen molar-refractivity contribution in [3.63, 3.8) is 0 Å². The predicted octanol–water partition coefficient (Wildman–Crippen LogP) is 1.38. The summed E-state index contributed by atoms with van der Waals surface area (Å²) in [6.45, 7) is 0.888. The van der Waals surface area contributed by atoms with Gasteiger partial charge in [-0.25, -0.2) is 0 Å². The molecule has 1 aliphatic rings. The Morgan fingerprint density at radius 1 is 1.25 bits per heavy atom. The number of amides is 2. The first-order valence-electron chi connectivity index (χ1n) is 7.94. The largest absolute Gasteiger partial charge is 0.347 e. The Morgan fingerprint density at radius 3 is 2.96 bits per heavy atom. The minimum Gasteiger partial charge on any atom is -0.347 e. The Bertz CT molecular complexity index is 726. The van der Waals surface area contributed by atoms with E-state index in [-0.39, 0.29) is 24.4 Å². The standard InChI is InChI=1S/C17H20N4O2S/c22-15(9-13-11-24-8-7-18-13)20-10-16(23)21-14-5-1-3-12-4-2-6-19-17(12)14/h1-6,13,18H,7-11H2,(H,20,22)(H,21,23). The highest BCUT2D eigenvalue weighted by Gasteiger charge is 2.17. The maximum atomic E-state index is 12.1. The van der Waals surface area contributed by atoms with Crippen molar-refractivity contribution in [2.75, 3.05) is 29.9 Å². The number of fused-ring (bicyclic) bond motifs is 1. The minimum absolute atomic E-state index is 0.0398. The molecule has 2 aromatic rings.